The minimum Gasteiger partial charge on any atom is -0.497 e. The first-order valence-electron chi connectivity index (χ1n) is 3.55. The molecule has 0 saturated carbocycles. The predicted molar refractivity (Wildman–Crippen MR) is 57.9 cm³/mol. The fourth-order valence-electron chi connectivity index (χ4n) is 0.892. The third-order valence-electron chi connectivity index (χ3n) is 1.45. The van der Waals surface area contributed by atoms with Crippen LogP contribution in [0.25, 0.3) is 0 Å². The van der Waals surface area contributed by atoms with E-state index in [1.807, 2.05) is 18.2 Å². The average Bonchev–Trinajstić information content (AvgIpc) is 2.15. The van der Waals surface area contributed by atoms with E-state index in [0.29, 0.717) is 0 Å². The van der Waals surface area contributed by atoms with Crippen LogP contribution < -0.4 is 4.74 Å². The summed E-state index contributed by atoms with van der Waals surface area (Å²) in [5.41, 5.74) is 1.24. The predicted octanol–water partition coefficient (Wildman–Crippen LogP) is 2.89. The van der Waals surface area contributed by atoms with Crippen LogP contribution in [-0.4, -0.2) is 11.8 Å². The molecule has 0 heterocycles. The maximum Gasteiger partial charge on any atom is 0.119 e. The molecule has 0 aliphatic heterocycles. The summed E-state index contributed by atoms with van der Waals surface area (Å²) in [5.74, 6) is 1.82. The zero-order valence-electron chi connectivity index (χ0n) is 6.82. The van der Waals surface area contributed by atoms with Crippen LogP contribution >= 0.6 is 24.0 Å². The molecule has 0 N–H and O–H groups in total. The van der Waals surface area contributed by atoms with Crippen LogP contribution in [0.3, 0.4) is 0 Å². The topological polar surface area (TPSA) is 9.23 Å². The van der Waals surface area contributed by atoms with E-state index in [1.54, 1.807) is 23.6 Å². The Morgan fingerprint density at radius 1 is 1.58 bits per heavy atom. The molecule has 0 amide bonds. The Morgan fingerprint density at radius 2 is 2.42 bits per heavy atom. The van der Waals surface area contributed by atoms with Crippen molar-refractivity contribution in [2.45, 2.75) is 5.75 Å². The van der Waals surface area contributed by atoms with Crippen LogP contribution in [0, 0.1) is 0 Å². The van der Waals surface area contributed by atoms with Crippen LogP contribution in [0.1, 0.15) is 5.56 Å². The Labute approximate surface area is 82.1 Å². The second kappa shape index (κ2) is 5.17. The SMILES string of the molecule is COc1cccc(CSC=S)c1. The van der Waals surface area contributed by atoms with Gasteiger partial charge in [-0.2, -0.15) is 0 Å². The summed E-state index contributed by atoms with van der Waals surface area (Å²) in [6, 6.07) is 8.00. The molecule has 0 radical (unpaired) electrons. The van der Waals surface area contributed by atoms with Crippen LogP contribution in [0.5, 0.6) is 5.75 Å². The maximum atomic E-state index is 5.09. The van der Waals surface area contributed by atoms with Gasteiger partial charge >= 0.3 is 0 Å². The van der Waals surface area contributed by atoms with Gasteiger partial charge in [0.2, 0.25) is 0 Å². The van der Waals surface area contributed by atoms with Crippen molar-refractivity contribution in [2.75, 3.05) is 7.11 Å². The van der Waals surface area contributed by atoms with Gasteiger partial charge in [0.05, 0.1) is 7.11 Å². The number of thioether (sulfide) groups is 1. The monoisotopic (exact) mass is 198 g/mol. The fraction of sp³-hybridized carbons (Fsp3) is 0.222. The lowest BCUT2D eigenvalue weighted by molar-refractivity contribution is 0.414. The number of hydrogen-bond acceptors (Lipinski definition) is 3. The molecule has 0 unspecified atom stereocenters. The van der Waals surface area contributed by atoms with Gasteiger partial charge in [0.25, 0.3) is 0 Å². The van der Waals surface area contributed by atoms with E-state index in [9.17, 15) is 0 Å². The van der Waals surface area contributed by atoms with Gasteiger partial charge in [-0.1, -0.05) is 24.4 Å². The lowest BCUT2D eigenvalue weighted by Gasteiger charge is -2.01. The number of benzene rings is 1. The average molecular weight is 198 g/mol. The molecule has 12 heavy (non-hydrogen) atoms. The van der Waals surface area contributed by atoms with E-state index >= 15 is 0 Å². The Morgan fingerprint density at radius 3 is 3.08 bits per heavy atom. The molecular weight excluding hydrogens is 188 g/mol. The number of ether oxygens (including phenoxy) is 1. The van der Waals surface area contributed by atoms with Crippen molar-refractivity contribution in [1.82, 2.24) is 0 Å². The summed E-state index contributed by atoms with van der Waals surface area (Å²) in [4.78, 5) is 0. The zero-order chi connectivity index (χ0) is 8.81. The highest BCUT2D eigenvalue weighted by Gasteiger charge is 1.93. The quantitative estimate of drug-likeness (QED) is 0.688. The van der Waals surface area contributed by atoms with Crippen LogP contribution in [0.15, 0.2) is 24.3 Å². The largest absolute Gasteiger partial charge is 0.497 e. The van der Waals surface area contributed by atoms with Crippen molar-refractivity contribution in [1.29, 1.82) is 0 Å². The first-order chi connectivity index (χ1) is 5.86. The van der Waals surface area contributed by atoms with Gasteiger partial charge in [-0.3, -0.25) is 0 Å². The Kier molecular flexibility index (Phi) is 4.11. The standard InChI is InChI=1S/C9H10OS2/c1-10-9-4-2-3-8(5-9)6-12-7-11/h2-5,7H,6H2,1H3. The molecule has 0 aromatic heterocycles. The minimum absolute atomic E-state index is 0.900. The number of rotatable bonds is 4. The maximum absolute atomic E-state index is 5.09. The van der Waals surface area contributed by atoms with Gasteiger partial charge in [-0.25, -0.2) is 0 Å². The van der Waals surface area contributed by atoms with Gasteiger partial charge in [-0.15, -0.1) is 11.8 Å². The molecule has 0 spiro atoms. The molecule has 0 atom stereocenters. The first kappa shape index (κ1) is 9.55. The van der Waals surface area contributed by atoms with Gasteiger partial charge in [-0.05, 0) is 17.7 Å². The van der Waals surface area contributed by atoms with Crippen molar-refractivity contribution >= 4 is 28.7 Å². The molecule has 0 aliphatic rings. The molecule has 0 aliphatic carbocycles. The zero-order valence-corrected chi connectivity index (χ0v) is 8.45. The van der Waals surface area contributed by atoms with E-state index in [-0.39, 0.29) is 0 Å². The lowest BCUT2D eigenvalue weighted by Crippen LogP contribution is -1.84. The molecular formula is C9H10OS2. The van der Waals surface area contributed by atoms with E-state index in [2.05, 4.69) is 6.07 Å². The highest BCUT2D eigenvalue weighted by Crippen LogP contribution is 2.16. The van der Waals surface area contributed by atoms with Crippen molar-refractivity contribution in [3.05, 3.63) is 29.8 Å². The number of methoxy groups -OCH3 is 1. The molecule has 3 heteroatoms. The number of thiocarbonyl (C=S) groups is 1. The van der Waals surface area contributed by atoms with Gasteiger partial charge in [0.15, 0.2) is 0 Å². The summed E-state index contributed by atoms with van der Waals surface area (Å²) in [6.07, 6.45) is 0. The van der Waals surface area contributed by atoms with E-state index in [1.165, 1.54) is 5.56 Å². The first-order valence-corrected chi connectivity index (χ1v) is 5.07. The van der Waals surface area contributed by atoms with E-state index < -0.39 is 0 Å². The van der Waals surface area contributed by atoms with Crippen LogP contribution in [0.2, 0.25) is 0 Å². The summed E-state index contributed by atoms with van der Waals surface area (Å²) < 4.78 is 6.77. The minimum atomic E-state index is 0.900. The van der Waals surface area contributed by atoms with Crippen molar-refractivity contribution in [2.24, 2.45) is 0 Å². The van der Waals surface area contributed by atoms with Crippen LogP contribution in [0.4, 0.5) is 0 Å². The van der Waals surface area contributed by atoms with E-state index in [4.69, 9.17) is 17.0 Å². The summed E-state index contributed by atoms with van der Waals surface area (Å²) in [5, 5.41) is 0. The van der Waals surface area contributed by atoms with Gasteiger partial charge < -0.3 is 4.74 Å². The third kappa shape index (κ3) is 2.83. The molecule has 1 rings (SSSR count). The summed E-state index contributed by atoms with van der Waals surface area (Å²) >= 11 is 6.33. The molecule has 0 saturated heterocycles. The normalized spacial score (nSPS) is 9.42. The highest BCUT2D eigenvalue weighted by atomic mass is 32.2. The highest BCUT2D eigenvalue weighted by molar-refractivity contribution is 8.20. The molecule has 0 bridgehead atoms. The number of hydrogen-bond donors (Lipinski definition) is 0. The van der Waals surface area contributed by atoms with Crippen LogP contribution in [-0.2, 0) is 5.75 Å². The van der Waals surface area contributed by atoms with Crippen molar-refractivity contribution in [3.8, 4) is 5.75 Å². The molecule has 1 aromatic rings. The Balaban J connectivity index is 2.65. The molecule has 1 nitrogen and oxygen atoms in total. The third-order valence-corrected chi connectivity index (χ3v) is 2.50. The Bertz CT molecular complexity index is 260. The summed E-state index contributed by atoms with van der Waals surface area (Å²) in [6.45, 7) is 0. The van der Waals surface area contributed by atoms with E-state index in [0.717, 1.165) is 11.5 Å². The van der Waals surface area contributed by atoms with Gasteiger partial charge in [0.1, 0.15) is 5.75 Å². The smallest absolute Gasteiger partial charge is 0.119 e. The van der Waals surface area contributed by atoms with Crippen molar-refractivity contribution in [3.63, 3.8) is 0 Å². The molecule has 0 fully saturated rings. The fourth-order valence-corrected chi connectivity index (χ4v) is 1.54. The Hall–Kier alpha value is -0.540. The molecule has 64 valence electrons. The van der Waals surface area contributed by atoms with Gasteiger partial charge in [0, 0.05) is 10.5 Å². The molecule has 1 aromatic carbocycles. The lowest BCUT2D eigenvalue weighted by atomic mass is 10.2. The summed E-state index contributed by atoms with van der Waals surface area (Å²) in [7, 11) is 1.67. The second-order valence-electron chi connectivity index (χ2n) is 2.26. The second-order valence-corrected chi connectivity index (χ2v) is 3.65. The van der Waals surface area contributed by atoms with Crippen molar-refractivity contribution < 1.29 is 4.74 Å².